The molecule has 0 heterocycles. The van der Waals surface area contributed by atoms with Gasteiger partial charge in [0.05, 0.1) is 18.9 Å². The number of nitrogens with zero attached hydrogens (tertiary/aromatic N) is 1. The van der Waals surface area contributed by atoms with Gasteiger partial charge in [0.15, 0.2) is 0 Å². The molecule has 0 atom stereocenters. The molecule has 4 nitrogen and oxygen atoms in total. The first-order chi connectivity index (χ1) is 12.0. The van der Waals surface area contributed by atoms with Crippen molar-refractivity contribution < 1.29 is 14.3 Å². The van der Waals surface area contributed by atoms with Crippen molar-refractivity contribution in [2.24, 2.45) is 5.92 Å². The second-order valence-electron chi connectivity index (χ2n) is 6.04. The van der Waals surface area contributed by atoms with Crippen molar-refractivity contribution in [2.75, 3.05) is 31.2 Å². The van der Waals surface area contributed by atoms with Crippen LogP contribution in [0.4, 0.5) is 5.69 Å². The number of carbonyl (C=O) groups is 1. The first kappa shape index (κ1) is 20.9. The maximum Gasteiger partial charge on any atom is 0.305 e. The lowest BCUT2D eigenvalue weighted by atomic mass is 10.1. The summed E-state index contributed by atoms with van der Waals surface area (Å²) in [4.78, 5) is 13.6. The van der Waals surface area contributed by atoms with E-state index in [0.717, 1.165) is 30.1 Å². The Kier molecular flexibility index (Phi) is 9.54. The minimum atomic E-state index is -0.172. The maximum atomic E-state index is 11.4. The molecule has 0 saturated carbocycles. The third-order valence-corrected chi connectivity index (χ3v) is 3.66. The summed E-state index contributed by atoms with van der Waals surface area (Å²) in [5, 5.41) is 0. The summed E-state index contributed by atoms with van der Waals surface area (Å²) >= 11 is 0. The molecule has 0 N–H and O–H groups in total. The number of benzene rings is 1. The largest absolute Gasteiger partial charge is 0.491 e. The molecule has 0 amide bonds. The fourth-order valence-electron chi connectivity index (χ4n) is 2.39. The van der Waals surface area contributed by atoms with E-state index in [-0.39, 0.29) is 5.97 Å². The number of hydrogen-bond acceptors (Lipinski definition) is 4. The Labute approximate surface area is 152 Å². The second-order valence-corrected chi connectivity index (χ2v) is 6.04. The van der Waals surface area contributed by atoms with Crippen molar-refractivity contribution in [3.8, 4) is 17.6 Å². The summed E-state index contributed by atoms with van der Waals surface area (Å²) in [7, 11) is 0. The van der Waals surface area contributed by atoms with E-state index in [9.17, 15) is 4.79 Å². The third kappa shape index (κ3) is 7.51. The number of carbonyl (C=O) groups excluding carboxylic acids is 1. The summed E-state index contributed by atoms with van der Waals surface area (Å²) in [5.41, 5.74) is 2.05. The molecule has 0 spiro atoms. The van der Waals surface area contributed by atoms with E-state index in [1.807, 2.05) is 19.1 Å². The number of rotatable bonds is 9. The molecule has 1 aromatic carbocycles. The Hall–Kier alpha value is -2.15. The normalized spacial score (nSPS) is 10.2. The molecule has 1 rings (SSSR count). The van der Waals surface area contributed by atoms with Crippen molar-refractivity contribution in [3.63, 3.8) is 0 Å². The van der Waals surface area contributed by atoms with Gasteiger partial charge in [0.25, 0.3) is 0 Å². The molecule has 0 aromatic heterocycles. The average Bonchev–Trinajstić information content (AvgIpc) is 2.59. The summed E-state index contributed by atoms with van der Waals surface area (Å²) in [5.74, 6) is 7.42. The summed E-state index contributed by atoms with van der Waals surface area (Å²) in [6, 6.07) is 6.05. The highest BCUT2D eigenvalue weighted by Gasteiger charge is 2.11. The zero-order chi connectivity index (χ0) is 18.7. The van der Waals surface area contributed by atoms with Gasteiger partial charge < -0.3 is 14.4 Å². The van der Waals surface area contributed by atoms with Crippen molar-refractivity contribution in [1.82, 2.24) is 0 Å². The maximum absolute atomic E-state index is 11.4. The standard InChI is InChI=1S/C21H31NO3/c1-6-22(7-2)19-16-18(12-11-17(4)5)13-14-20(19)25-15-9-10-21(23)24-8-3/h13-14,16-17H,6-10,15H2,1-5H3. The fourth-order valence-corrected chi connectivity index (χ4v) is 2.39. The molecule has 25 heavy (non-hydrogen) atoms. The smallest absolute Gasteiger partial charge is 0.305 e. The number of anilines is 1. The van der Waals surface area contributed by atoms with Crippen LogP contribution in [-0.4, -0.2) is 32.3 Å². The Morgan fingerprint density at radius 2 is 1.92 bits per heavy atom. The Balaban J connectivity index is 2.83. The lowest BCUT2D eigenvalue weighted by Gasteiger charge is -2.24. The predicted octanol–water partition coefficient (Wildman–Crippen LogP) is 4.26. The molecule has 0 aliphatic heterocycles. The topological polar surface area (TPSA) is 38.8 Å². The van der Waals surface area contributed by atoms with Gasteiger partial charge in [-0.25, -0.2) is 0 Å². The highest BCUT2D eigenvalue weighted by Crippen LogP contribution is 2.29. The van der Waals surface area contributed by atoms with Gasteiger partial charge in [0, 0.05) is 31.0 Å². The molecular weight excluding hydrogens is 314 g/mol. The molecule has 0 aliphatic rings. The second kappa shape index (κ2) is 11.4. The van der Waals surface area contributed by atoms with E-state index in [0.29, 0.717) is 32.0 Å². The van der Waals surface area contributed by atoms with E-state index >= 15 is 0 Å². The average molecular weight is 345 g/mol. The van der Waals surface area contributed by atoms with Gasteiger partial charge in [-0.05, 0) is 45.4 Å². The lowest BCUT2D eigenvalue weighted by Crippen LogP contribution is -2.22. The van der Waals surface area contributed by atoms with Crippen LogP contribution in [0.15, 0.2) is 18.2 Å². The van der Waals surface area contributed by atoms with Crippen LogP contribution >= 0.6 is 0 Å². The van der Waals surface area contributed by atoms with E-state index in [1.54, 1.807) is 0 Å². The SMILES string of the molecule is CCOC(=O)CCCOc1ccc(C#CC(C)C)cc1N(CC)CC. The molecule has 0 unspecified atom stereocenters. The molecule has 1 aromatic rings. The summed E-state index contributed by atoms with van der Waals surface area (Å²) < 4.78 is 10.9. The van der Waals surface area contributed by atoms with Crippen LogP contribution in [0.1, 0.15) is 53.0 Å². The van der Waals surface area contributed by atoms with Crippen molar-refractivity contribution in [1.29, 1.82) is 0 Å². The minimum Gasteiger partial charge on any atom is -0.491 e. The van der Waals surface area contributed by atoms with Gasteiger partial charge in [-0.2, -0.15) is 0 Å². The zero-order valence-corrected chi connectivity index (χ0v) is 16.2. The van der Waals surface area contributed by atoms with Crippen LogP contribution in [0.25, 0.3) is 0 Å². The molecule has 0 bridgehead atoms. The monoisotopic (exact) mass is 345 g/mol. The number of ether oxygens (including phenoxy) is 2. The van der Waals surface area contributed by atoms with E-state index < -0.39 is 0 Å². The predicted molar refractivity (Wildman–Crippen MR) is 103 cm³/mol. The van der Waals surface area contributed by atoms with Crippen LogP contribution in [-0.2, 0) is 9.53 Å². The number of hydrogen-bond donors (Lipinski definition) is 0. The summed E-state index contributed by atoms with van der Waals surface area (Å²) in [6.45, 7) is 12.9. The quantitative estimate of drug-likeness (QED) is 0.381. The Bertz CT molecular complexity index is 595. The van der Waals surface area contributed by atoms with Gasteiger partial charge in [-0.15, -0.1) is 0 Å². The number of esters is 1. The van der Waals surface area contributed by atoms with Gasteiger partial charge >= 0.3 is 5.97 Å². The van der Waals surface area contributed by atoms with E-state index in [2.05, 4.69) is 50.5 Å². The molecule has 0 fully saturated rings. The highest BCUT2D eigenvalue weighted by atomic mass is 16.5. The van der Waals surface area contributed by atoms with Crippen molar-refractivity contribution >= 4 is 11.7 Å². The van der Waals surface area contributed by atoms with Crippen LogP contribution in [0.2, 0.25) is 0 Å². The third-order valence-electron chi connectivity index (χ3n) is 3.66. The molecule has 138 valence electrons. The lowest BCUT2D eigenvalue weighted by molar-refractivity contribution is -0.143. The molecule has 0 saturated heterocycles. The summed E-state index contributed by atoms with van der Waals surface area (Å²) in [6.07, 6.45) is 1.03. The minimum absolute atomic E-state index is 0.172. The van der Waals surface area contributed by atoms with Crippen LogP contribution in [0.3, 0.4) is 0 Å². The van der Waals surface area contributed by atoms with E-state index in [4.69, 9.17) is 9.47 Å². The van der Waals surface area contributed by atoms with Gasteiger partial charge in [0.2, 0.25) is 0 Å². The van der Waals surface area contributed by atoms with Crippen LogP contribution in [0.5, 0.6) is 5.75 Å². The molecule has 4 heteroatoms. The van der Waals surface area contributed by atoms with Crippen molar-refractivity contribution in [3.05, 3.63) is 23.8 Å². The molecule has 0 aliphatic carbocycles. The first-order valence-electron chi connectivity index (χ1n) is 9.20. The van der Waals surface area contributed by atoms with Crippen LogP contribution < -0.4 is 9.64 Å². The first-order valence-corrected chi connectivity index (χ1v) is 9.20. The van der Waals surface area contributed by atoms with Gasteiger partial charge in [-0.3, -0.25) is 4.79 Å². The molecular formula is C21H31NO3. The van der Waals surface area contributed by atoms with Gasteiger partial charge in [0.1, 0.15) is 5.75 Å². The van der Waals surface area contributed by atoms with Crippen molar-refractivity contribution in [2.45, 2.75) is 47.5 Å². The van der Waals surface area contributed by atoms with E-state index in [1.165, 1.54) is 0 Å². The zero-order valence-electron chi connectivity index (χ0n) is 16.2. The Morgan fingerprint density at radius 3 is 2.52 bits per heavy atom. The fraction of sp³-hybridized carbons (Fsp3) is 0.571. The Morgan fingerprint density at radius 1 is 1.20 bits per heavy atom. The highest BCUT2D eigenvalue weighted by molar-refractivity contribution is 5.69. The van der Waals surface area contributed by atoms with Crippen LogP contribution in [0, 0.1) is 17.8 Å². The molecule has 0 radical (unpaired) electrons. The van der Waals surface area contributed by atoms with Gasteiger partial charge in [-0.1, -0.05) is 25.7 Å².